The zero-order valence-electron chi connectivity index (χ0n) is 18.2. The Morgan fingerprint density at radius 2 is 1.97 bits per heavy atom. The van der Waals surface area contributed by atoms with Crippen LogP contribution in [0, 0.1) is 35.3 Å². The van der Waals surface area contributed by atoms with Gasteiger partial charge in [0.2, 0.25) is 0 Å². The lowest BCUT2D eigenvalue weighted by Crippen LogP contribution is -2.13. The van der Waals surface area contributed by atoms with Crippen LogP contribution in [0.3, 0.4) is 0 Å². The monoisotopic (exact) mass is 465 g/mol. The number of hydrogen-bond acceptors (Lipinski definition) is 3. The number of fused-ring (bicyclic) bond motifs is 2. The Morgan fingerprint density at radius 3 is 2.83 bits per heavy atom. The number of para-hydroxylation sites is 1. The molecule has 0 saturated carbocycles. The van der Waals surface area contributed by atoms with Gasteiger partial charge in [-0.25, -0.2) is 13.8 Å². The van der Waals surface area contributed by atoms with Crippen molar-refractivity contribution >= 4 is 27.8 Å². The Bertz CT molecular complexity index is 1710. The summed E-state index contributed by atoms with van der Waals surface area (Å²) in [5.41, 5.74) is 7.55. The number of carbonyl (C=O) groups is 1. The van der Waals surface area contributed by atoms with Crippen LogP contribution in [0.15, 0.2) is 67.1 Å². The van der Waals surface area contributed by atoms with Gasteiger partial charge >= 0.3 is 0 Å². The first-order chi connectivity index (χ1) is 17.0. The molecule has 1 unspecified atom stereocenters. The highest BCUT2D eigenvalue weighted by atomic mass is 19.1. The van der Waals surface area contributed by atoms with E-state index in [1.807, 2.05) is 24.3 Å². The molecule has 3 N–H and O–H groups in total. The lowest BCUT2D eigenvalue weighted by atomic mass is 10.0. The van der Waals surface area contributed by atoms with Gasteiger partial charge in [-0.15, -0.1) is 0 Å². The summed E-state index contributed by atoms with van der Waals surface area (Å²) in [6.07, 6.45) is 4.85. The van der Waals surface area contributed by atoms with Crippen LogP contribution in [0.5, 0.6) is 0 Å². The van der Waals surface area contributed by atoms with E-state index in [9.17, 15) is 13.6 Å². The minimum atomic E-state index is -0.682. The Balaban J connectivity index is 1.52. The van der Waals surface area contributed by atoms with Gasteiger partial charge in [0.05, 0.1) is 28.9 Å². The lowest BCUT2D eigenvalue weighted by Gasteiger charge is -2.17. The van der Waals surface area contributed by atoms with Gasteiger partial charge in [-0.1, -0.05) is 30.0 Å². The molecule has 0 bridgehead atoms. The number of pyridine rings is 1. The van der Waals surface area contributed by atoms with Gasteiger partial charge in [-0.05, 0) is 42.2 Å². The van der Waals surface area contributed by atoms with Crippen LogP contribution in [-0.2, 0) is 0 Å². The van der Waals surface area contributed by atoms with E-state index in [2.05, 4.69) is 38.7 Å². The van der Waals surface area contributed by atoms with Crippen LogP contribution >= 0.6 is 0 Å². The topological polar surface area (TPSA) is 89.6 Å². The van der Waals surface area contributed by atoms with E-state index >= 15 is 0 Å². The van der Waals surface area contributed by atoms with Crippen LogP contribution < -0.4 is 5.73 Å². The number of aromatic amines is 1. The summed E-state index contributed by atoms with van der Waals surface area (Å²) in [6, 6.07) is 11.9. The quantitative estimate of drug-likeness (QED) is 0.387. The highest BCUT2D eigenvalue weighted by Gasteiger charge is 2.20. The number of carbonyl (C=O) groups excluding carboxylic acids is 1. The average molecular weight is 465 g/mol. The lowest BCUT2D eigenvalue weighted by molar-refractivity contribution is 0.1000. The number of H-pyrrole nitrogens is 1. The van der Waals surface area contributed by atoms with Gasteiger partial charge in [-0.2, -0.15) is 5.10 Å². The third-order valence-electron chi connectivity index (χ3n) is 5.60. The predicted molar refractivity (Wildman–Crippen MR) is 128 cm³/mol. The van der Waals surface area contributed by atoms with Crippen LogP contribution in [0.2, 0.25) is 0 Å². The van der Waals surface area contributed by atoms with E-state index in [0.717, 1.165) is 29.1 Å². The summed E-state index contributed by atoms with van der Waals surface area (Å²) in [5, 5.41) is 5.93. The molecule has 6 nitrogen and oxygen atoms in total. The molecule has 3 aromatic heterocycles. The van der Waals surface area contributed by atoms with Gasteiger partial charge in [0.25, 0.3) is 5.91 Å². The van der Waals surface area contributed by atoms with E-state index in [-0.39, 0.29) is 17.5 Å². The first kappa shape index (κ1) is 21.9. The maximum Gasteiger partial charge on any atom is 0.251 e. The highest BCUT2D eigenvalue weighted by molar-refractivity contribution is 6.00. The number of benzene rings is 2. The molecule has 35 heavy (non-hydrogen) atoms. The second kappa shape index (κ2) is 9.12. The van der Waals surface area contributed by atoms with Crippen molar-refractivity contribution in [2.75, 3.05) is 0 Å². The van der Waals surface area contributed by atoms with Crippen molar-refractivity contribution in [2.24, 2.45) is 5.73 Å². The fraction of sp³-hybridized carbons (Fsp3) is 0.0741. The molecule has 1 amide bonds. The number of primary amides is 1. The SMILES string of the molecule is NC(=O)c1cnc2[nH]ccc2c1C#CC#CCC(c1cc(F)ccc1F)n1ncc2ccccc21. The van der Waals surface area contributed by atoms with Crippen LogP contribution in [0.1, 0.15) is 33.9 Å². The van der Waals surface area contributed by atoms with Gasteiger partial charge < -0.3 is 10.7 Å². The molecule has 3 heterocycles. The molecule has 8 heteroatoms. The molecule has 5 aromatic rings. The summed E-state index contributed by atoms with van der Waals surface area (Å²) in [7, 11) is 0. The second-order valence-corrected chi connectivity index (χ2v) is 7.74. The number of nitrogens with one attached hydrogen (secondary N) is 1. The first-order valence-electron chi connectivity index (χ1n) is 10.6. The zero-order chi connectivity index (χ0) is 24.4. The summed E-state index contributed by atoms with van der Waals surface area (Å²) < 4.78 is 30.3. The summed E-state index contributed by atoms with van der Waals surface area (Å²) >= 11 is 0. The normalized spacial score (nSPS) is 11.5. The van der Waals surface area contributed by atoms with Gasteiger partial charge in [0, 0.05) is 35.2 Å². The Kier molecular flexibility index (Phi) is 5.70. The zero-order valence-corrected chi connectivity index (χ0v) is 18.2. The van der Waals surface area contributed by atoms with Crippen molar-refractivity contribution in [2.45, 2.75) is 12.5 Å². The summed E-state index contributed by atoms with van der Waals surface area (Å²) in [4.78, 5) is 18.9. The fourth-order valence-corrected chi connectivity index (χ4v) is 3.95. The standard InChI is InChI=1S/C27H17F2N5O/c28-18-10-11-23(29)21(14-18)25(34-24-8-5-4-6-17(24)15-33-34)9-3-1-2-7-19-20-12-13-31-27(20)32-16-22(19)26(30)35/h4-6,8,10-16,25H,9H2,(H2,30,35)(H,31,32). The Labute approximate surface area is 198 Å². The molecule has 2 aromatic carbocycles. The van der Waals surface area contributed by atoms with E-state index in [4.69, 9.17) is 5.73 Å². The third-order valence-corrected chi connectivity index (χ3v) is 5.60. The van der Waals surface area contributed by atoms with E-state index in [1.54, 1.807) is 23.1 Å². The van der Waals surface area contributed by atoms with Crippen molar-refractivity contribution in [1.82, 2.24) is 19.7 Å². The molecule has 5 rings (SSSR count). The number of hydrogen-bond donors (Lipinski definition) is 2. The molecular weight excluding hydrogens is 448 g/mol. The number of nitrogens with two attached hydrogens (primary N) is 1. The van der Waals surface area contributed by atoms with E-state index in [1.165, 1.54) is 6.20 Å². The minimum absolute atomic E-state index is 0.124. The molecular formula is C27H17F2N5O. The van der Waals surface area contributed by atoms with Crippen LogP contribution in [-0.4, -0.2) is 25.7 Å². The van der Waals surface area contributed by atoms with Crippen molar-refractivity contribution in [3.05, 3.63) is 95.4 Å². The summed E-state index contributed by atoms with van der Waals surface area (Å²) in [5.74, 6) is 9.54. The van der Waals surface area contributed by atoms with Gasteiger partial charge in [0.1, 0.15) is 17.3 Å². The van der Waals surface area contributed by atoms with Gasteiger partial charge in [-0.3, -0.25) is 9.48 Å². The maximum absolute atomic E-state index is 14.7. The number of nitrogens with zero attached hydrogens (tertiary/aromatic N) is 3. The molecule has 0 radical (unpaired) electrons. The van der Waals surface area contributed by atoms with E-state index in [0.29, 0.717) is 16.6 Å². The van der Waals surface area contributed by atoms with Crippen LogP contribution in [0.4, 0.5) is 8.78 Å². The molecule has 0 spiro atoms. The molecule has 0 aliphatic rings. The largest absolute Gasteiger partial charge is 0.366 e. The minimum Gasteiger partial charge on any atom is -0.366 e. The van der Waals surface area contributed by atoms with E-state index < -0.39 is 23.6 Å². The smallest absolute Gasteiger partial charge is 0.251 e. The van der Waals surface area contributed by atoms with Gasteiger partial charge in [0.15, 0.2) is 0 Å². The molecule has 170 valence electrons. The molecule has 1 atom stereocenters. The fourth-order valence-electron chi connectivity index (χ4n) is 3.95. The third kappa shape index (κ3) is 4.21. The molecule has 0 aliphatic heterocycles. The van der Waals surface area contributed by atoms with Crippen molar-refractivity contribution < 1.29 is 13.6 Å². The number of aromatic nitrogens is 4. The highest BCUT2D eigenvalue weighted by Crippen LogP contribution is 2.28. The molecule has 0 fully saturated rings. The van der Waals surface area contributed by atoms with Crippen molar-refractivity contribution in [1.29, 1.82) is 0 Å². The Morgan fingerprint density at radius 1 is 1.11 bits per heavy atom. The van der Waals surface area contributed by atoms with Crippen molar-refractivity contribution in [3.8, 4) is 23.7 Å². The predicted octanol–water partition coefficient (Wildman–Crippen LogP) is 4.32. The number of halogens is 2. The maximum atomic E-state index is 14.7. The van der Waals surface area contributed by atoms with Crippen molar-refractivity contribution in [3.63, 3.8) is 0 Å². The average Bonchev–Trinajstić information content (AvgIpc) is 3.50. The number of rotatable bonds is 4. The number of amides is 1. The molecule has 0 saturated heterocycles. The first-order valence-corrected chi connectivity index (χ1v) is 10.6. The Hall–Kier alpha value is -4.95. The second-order valence-electron chi connectivity index (χ2n) is 7.74. The summed E-state index contributed by atoms with van der Waals surface area (Å²) in [6.45, 7) is 0. The molecule has 0 aliphatic carbocycles. The van der Waals surface area contributed by atoms with Crippen LogP contribution in [0.25, 0.3) is 21.9 Å².